The number of amides is 1. The van der Waals surface area contributed by atoms with Crippen molar-refractivity contribution < 1.29 is 14.7 Å². The third kappa shape index (κ3) is 8.42. The van der Waals surface area contributed by atoms with Gasteiger partial charge in [0.2, 0.25) is 11.0 Å². The van der Waals surface area contributed by atoms with Crippen LogP contribution in [0.4, 0.5) is 0 Å². The highest BCUT2D eigenvalue weighted by atomic mass is 35.5. The zero-order chi connectivity index (χ0) is 21.1. The Morgan fingerprint density at radius 3 is 2.45 bits per heavy atom. The summed E-state index contributed by atoms with van der Waals surface area (Å²) in [6, 6.07) is 16.6. The molecular weight excluding hydrogens is 426 g/mol. The minimum atomic E-state index is -0.233. The maximum Gasteiger partial charge on any atom is 0.222 e. The number of aliphatic hydroxyl groups excluding tert-OH is 1. The summed E-state index contributed by atoms with van der Waals surface area (Å²) in [5.41, 5.74) is 1.54. The highest BCUT2D eigenvalue weighted by Crippen LogP contribution is 2.27. The van der Waals surface area contributed by atoms with Crippen molar-refractivity contribution in [3.8, 4) is 0 Å². The van der Waals surface area contributed by atoms with Crippen LogP contribution in [-0.4, -0.2) is 39.6 Å². The SMILES string of the molecule is CSC(CCCO)NC(=O)CC(Cc1ccccc1Cl)SC(=O)c1ccccc1. The number of nitrogens with one attached hydrogen (secondary N) is 1. The Balaban J connectivity index is 2.08. The molecule has 0 heterocycles. The molecule has 0 saturated carbocycles. The summed E-state index contributed by atoms with van der Waals surface area (Å²) in [6.07, 6.45) is 4.00. The second-order valence-electron chi connectivity index (χ2n) is 6.55. The fourth-order valence-electron chi connectivity index (χ4n) is 2.83. The molecule has 2 unspecified atom stereocenters. The molecule has 2 atom stereocenters. The highest BCUT2D eigenvalue weighted by Gasteiger charge is 2.22. The fraction of sp³-hybridized carbons (Fsp3) is 0.364. The number of aliphatic hydroxyl groups is 1. The Morgan fingerprint density at radius 2 is 1.79 bits per heavy atom. The number of halogens is 1. The van der Waals surface area contributed by atoms with E-state index in [0.29, 0.717) is 29.8 Å². The number of hydrogen-bond acceptors (Lipinski definition) is 5. The molecule has 2 aromatic rings. The lowest BCUT2D eigenvalue weighted by Gasteiger charge is -2.20. The molecule has 0 aliphatic rings. The minimum absolute atomic E-state index is 0.0505. The minimum Gasteiger partial charge on any atom is -0.396 e. The quantitative estimate of drug-likeness (QED) is 0.480. The van der Waals surface area contributed by atoms with Gasteiger partial charge in [-0.2, -0.15) is 0 Å². The van der Waals surface area contributed by atoms with Crippen LogP contribution >= 0.6 is 35.1 Å². The normalized spacial score (nSPS) is 12.9. The summed E-state index contributed by atoms with van der Waals surface area (Å²) in [5, 5.41) is 12.3. The van der Waals surface area contributed by atoms with Crippen molar-refractivity contribution >= 4 is 46.1 Å². The molecule has 156 valence electrons. The number of thioether (sulfide) groups is 2. The van der Waals surface area contributed by atoms with Crippen molar-refractivity contribution in [3.63, 3.8) is 0 Å². The lowest BCUT2D eigenvalue weighted by Crippen LogP contribution is -2.34. The predicted molar refractivity (Wildman–Crippen MR) is 124 cm³/mol. The van der Waals surface area contributed by atoms with Gasteiger partial charge in [-0.1, -0.05) is 71.9 Å². The van der Waals surface area contributed by atoms with E-state index in [4.69, 9.17) is 16.7 Å². The molecule has 0 aliphatic carbocycles. The van der Waals surface area contributed by atoms with Gasteiger partial charge < -0.3 is 10.4 Å². The lowest BCUT2D eigenvalue weighted by molar-refractivity contribution is -0.121. The summed E-state index contributed by atoms with van der Waals surface area (Å²) < 4.78 is 0. The summed E-state index contributed by atoms with van der Waals surface area (Å²) in [7, 11) is 0. The monoisotopic (exact) mass is 451 g/mol. The molecule has 0 fully saturated rings. The molecule has 2 rings (SSSR count). The second-order valence-corrected chi connectivity index (χ2v) is 9.27. The van der Waals surface area contributed by atoms with Crippen LogP contribution in [0.25, 0.3) is 0 Å². The molecule has 1 amide bonds. The van der Waals surface area contributed by atoms with Crippen molar-refractivity contribution in [1.29, 1.82) is 0 Å². The van der Waals surface area contributed by atoms with E-state index < -0.39 is 0 Å². The summed E-state index contributed by atoms with van der Waals surface area (Å²) in [4.78, 5) is 25.3. The van der Waals surface area contributed by atoms with Crippen LogP contribution in [0.1, 0.15) is 35.2 Å². The van der Waals surface area contributed by atoms with E-state index in [1.807, 2.05) is 48.7 Å². The number of carbonyl (C=O) groups excluding carboxylic acids is 2. The predicted octanol–water partition coefficient (Wildman–Crippen LogP) is 4.79. The maximum atomic E-state index is 12.7. The Labute approximate surface area is 185 Å². The van der Waals surface area contributed by atoms with E-state index in [0.717, 1.165) is 5.56 Å². The Kier molecular flexibility index (Phi) is 10.6. The van der Waals surface area contributed by atoms with Crippen LogP contribution < -0.4 is 5.32 Å². The average molecular weight is 452 g/mol. The smallest absolute Gasteiger partial charge is 0.222 e. The first-order valence-electron chi connectivity index (χ1n) is 9.46. The first-order chi connectivity index (χ1) is 14.0. The fourth-order valence-corrected chi connectivity index (χ4v) is 4.77. The van der Waals surface area contributed by atoms with Gasteiger partial charge in [-0.25, -0.2) is 0 Å². The standard InChI is InChI=1S/C22H26ClNO3S2/c1-28-21(12-7-13-25)24-20(26)15-18(14-17-10-5-6-11-19(17)23)29-22(27)16-8-3-2-4-9-16/h2-6,8-11,18,21,25H,7,12-15H2,1H3,(H,24,26). The van der Waals surface area contributed by atoms with E-state index in [1.165, 1.54) is 11.8 Å². The lowest BCUT2D eigenvalue weighted by atomic mass is 10.1. The largest absolute Gasteiger partial charge is 0.396 e. The van der Waals surface area contributed by atoms with E-state index >= 15 is 0 Å². The van der Waals surface area contributed by atoms with Gasteiger partial charge in [0.1, 0.15) is 0 Å². The Bertz CT molecular complexity index is 789. The van der Waals surface area contributed by atoms with Crippen LogP contribution in [0.2, 0.25) is 5.02 Å². The van der Waals surface area contributed by atoms with Crippen LogP contribution in [0, 0.1) is 0 Å². The summed E-state index contributed by atoms with van der Waals surface area (Å²) in [6.45, 7) is 0.101. The van der Waals surface area contributed by atoms with E-state index in [2.05, 4.69) is 5.32 Å². The zero-order valence-electron chi connectivity index (χ0n) is 16.3. The molecule has 0 radical (unpaired) electrons. The molecule has 0 bridgehead atoms. The van der Waals surface area contributed by atoms with Crippen LogP contribution in [-0.2, 0) is 11.2 Å². The van der Waals surface area contributed by atoms with Crippen LogP contribution in [0.3, 0.4) is 0 Å². The molecule has 0 aromatic heterocycles. The van der Waals surface area contributed by atoms with Gasteiger partial charge in [-0.3, -0.25) is 9.59 Å². The number of carbonyl (C=O) groups is 2. The molecule has 0 saturated heterocycles. The van der Waals surface area contributed by atoms with Gasteiger partial charge in [0.15, 0.2) is 0 Å². The maximum absolute atomic E-state index is 12.7. The topological polar surface area (TPSA) is 66.4 Å². The molecule has 2 N–H and O–H groups in total. The third-order valence-electron chi connectivity index (χ3n) is 4.33. The van der Waals surface area contributed by atoms with Gasteiger partial charge in [-0.05, 0) is 37.1 Å². The van der Waals surface area contributed by atoms with Crippen LogP contribution in [0.15, 0.2) is 54.6 Å². The Hall–Kier alpha value is -1.47. The first kappa shape index (κ1) is 23.8. The average Bonchev–Trinajstić information content (AvgIpc) is 2.73. The van der Waals surface area contributed by atoms with Crippen molar-refractivity contribution in [2.24, 2.45) is 0 Å². The highest BCUT2D eigenvalue weighted by molar-refractivity contribution is 8.14. The van der Waals surface area contributed by atoms with Gasteiger partial charge >= 0.3 is 0 Å². The van der Waals surface area contributed by atoms with Crippen LogP contribution in [0.5, 0.6) is 0 Å². The first-order valence-corrected chi connectivity index (χ1v) is 12.0. The zero-order valence-corrected chi connectivity index (χ0v) is 18.7. The van der Waals surface area contributed by atoms with Gasteiger partial charge in [0.25, 0.3) is 0 Å². The van der Waals surface area contributed by atoms with Gasteiger partial charge in [-0.15, -0.1) is 11.8 Å². The molecule has 2 aromatic carbocycles. The number of benzene rings is 2. The van der Waals surface area contributed by atoms with Crippen molar-refractivity contribution in [2.75, 3.05) is 12.9 Å². The van der Waals surface area contributed by atoms with E-state index in [9.17, 15) is 9.59 Å². The van der Waals surface area contributed by atoms with Gasteiger partial charge in [0.05, 0.1) is 5.37 Å². The number of rotatable bonds is 11. The molecular formula is C22H26ClNO3S2. The van der Waals surface area contributed by atoms with Crippen molar-refractivity contribution in [1.82, 2.24) is 5.32 Å². The van der Waals surface area contributed by atoms with E-state index in [1.54, 1.807) is 23.9 Å². The molecule has 4 nitrogen and oxygen atoms in total. The Morgan fingerprint density at radius 1 is 1.10 bits per heavy atom. The third-order valence-corrected chi connectivity index (χ3v) is 6.74. The second kappa shape index (κ2) is 13.0. The molecule has 7 heteroatoms. The molecule has 29 heavy (non-hydrogen) atoms. The summed E-state index contributed by atoms with van der Waals surface area (Å²) >= 11 is 9.02. The molecule has 0 aliphatic heterocycles. The van der Waals surface area contributed by atoms with Crippen molar-refractivity contribution in [2.45, 2.75) is 36.3 Å². The van der Waals surface area contributed by atoms with Crippen molar-refractivity contribution in [3.05, 3.63) is 70.7 Å². The van der Waals surface area contributed by atoms with Gasteiger partial charge in [0, 0.05) is 28.9 Å². The molecule has 0 spiro atoms. The summed E-state index contributed by atoms with van der Waals surface area (Å²) in [5.74, 6) is -0.104. The van der Waals surface area contributed by atoms with E-state index in [-0.39, 0.29) is 34.7 Å². The number of hydrogen-bond donors (Lipinski definition) is 2.